The summed E-state index contributed by atoms with van der Waals surface area (Å²) in [7, 11) is -0.696. The number of rotatable bonds is 6. The van der Waals surface area contributed by atoms with Gasteiger partial charge in [-0.2, -0.15) is 0 Å². The number of Topliss-reactive ketones (excluding diaryl/α,β-unsaturated/α-hetero) is 1. The van der Waals surface area contributed by atoms with Crippen LogP contribution in [0.2, 0.25) is 0 Å². The van der Waals surface area contributed by atoms with Gasteiger partial charge in [-0.25, -0.2) is 0 Å². The molecule has 5 heteroatoms. The van der Waals surface area contributed by atoms with E-state index in [4.69, 9.17) is 9.05 Å². The summed E-state index contributed by atoms with van der Waals surface area (Å²) in [6, 6.07) is 9.35. The minimum atomic E-state index is -3.26. The van der Waals surface area contributed by atoms with Crippen LogP contribution in [-0.4, -0.2) is 26.2 Å². The van der Waals surface area contributed by atoms with Crippen LogP contribution in [-0.2, 0) is 18.4 Å². The third-order valence-corrected chi connectivity index (χ3v) is 4.50. The molecule has 0 saturated carbocycles. The van der Waals surface area contributed by atoms with Crippen molar-refractivity contribution in [2.45, 2.75) is 12.8 Å². The molecule has 0 fully saturated rings. The Morgan fingerprint density at radius 3 is 2.24 bits per heavy atom. The predicted octanol–water partition coefficient (Wildman–Crippen LogP) is 2.85. The van der Waals surface area contributed by atoms with Crippen LogP contribution in [0.3, 0.4) is 0 Å². The van der Waals surface area contributed by atoms with Gasteiger partial charge in [0, 0.05) is 20.1 Å². The molecule has 0 radical (unpaired) electrons. The van der Waals surface area contributed by atoms with E-state index in [2.05, 4.69) is 0 Å². The number of carbonyl (C=O) groups is 1. The molecule has 0 aliphatic rings. The zero-order valence-electron chi connectivity index (χ0n) is 10.3. The van der Waals surface area contributed by atoms with Crippen molar-refractivity contribution in [3.05, 3.63) is 35.9 Å². The zero-order valence-corrected chi connectivity index (χ0v) is 11.1. The molecule has 0 N–H and O–H groups in total. The molecular weight excluding hydrogens is 239 g/mol. The minimum Gasteiger partial charge on any atom is -0.312 e. The maximum atomic E-state index is 11.9. The number of ketones is 1. The summed E-state index contributed by atoms with van der Waals surface area (Å²) >= 11 is 0. The van der Waals surface area contributed by atoms with Crippen molar-refractivity contribution in [2.75, 3.05) is 20.4 Å². The molecular formula is C12H17O4P. The molecule has 0 bridgehead atoms. The lowest BCUT2D eigenvalue weighted by atomic mass is 9.98. The second-order valence-corrected chi connectivity index (χ2v) is 6.00. The van der Waals surface area contributed by atoms with Crippen LogP contribution in [0.1, 0.15) is 18.4 Å². The van der Waals surface area contributed by atoms with E-state index in [1.165, 1.54) is 14.2 Å². The van der Waals surface area contributed by atoms with Gasteiger partial charge in [-0.15, -0.1) is 0 Å². The Kier molecular flexibility index (Phi) is 5.06. The molecule has 1 unspecified atom stereocenters. The van der Waals surface area contributed by atoms with Crippen molar-refractivity contribution in [1.29, 1.82) is 0 Å². The zero-order chi connectivity index (χ0) is 12.9. The molecule has 0 saturated heterocycles. The van der Waals surface area contributed by atoms with E-state index in [9.17, 15) is 9.36 Å². The smallest absolute Gasteiger partial charge is 0.312 e. The molecule has 0 amide bonds. The van der Waals surface area contributed by atoms with Gasteiger partial charge in [-0.1, -0.05) is 37.3 Å². The topological polar surface area (TPSA) is 52.6 Å². The van der Waals surface area contributed by atoms with Crippen molar-refractivity contribution in [3.8, 4) is 0 Å². The van der Waals surface area contributed by atoms with Crippen molar-refractivity contribution >= 4 is 13.4 Å². The van der Waals surface area contributed by atoms with Crippen LogP contribution in [0.4, 0.5) is 0 Å². The van der Waals surface area contributed by atoms with Crippen LogP contribution < -0.4 is 0 Å². The lowest BCUT2D eigenvalue weighted by Crippen LogP contribution is -2.15. The quantitative estimate of drug-likeness (QED) is 0.734. The molecule has 0 aliphatic carbocycles. The first-order valence-electron chi connectivity index (χ1n) is 5.30. The Bertz CT molecular complexity index is 408. The van der Waals surface area contributed by atoms with Crippen LogP contribution in [0.5, 0.6) is 0 Å². The SMILES string of the molecule is COP(=O)(CC(=O)C(C)c1ccccc1)OC. The predicted molar refractivity (Wildman–Crippen MR) is 66.4 cm³/mol. The second-order valence-electron chi connectivity index (χ2n) is 3.73. The van der Waals surface area contributed by atoms with E-state index < -0.39 is 7.60 Å². The van der Waals surface area contributed by atoms with E-state index in [1.807, 2.05) is 30.3 Å². The number of hydrogen-bond acceptors (Lipinski definition) is 4. The largest absolute Gasteiger partial charge is 0.337 e. The summed E-state index contributed by atoms with van der Waals surface area (Å²) in [5.41, 5.74) is 0.899. The van der Waals surface area contributed by atoms with Gasteiger partial charge in [-0.05, 0) is 5.56 Å². The van der Waals surface area contributed by atoms with Gasteiger partial charge >= 0.3 is 7.60 Å². The summed E-state index contributed by atoms with van der Waals surface area (Å²) in [4.78, 5) is 11.9. The van der Waals surface area contributed by atoms with Crippen LogP contribution in [0.25, 0.3) is 0 Å². The Morgan fingerprint density at radius 2 is 1.76 bits per heavy atom. The monoisotopic (exact) mass is 256 g/mol. The fourth-order valence-electron chi connectivity index (χ4n) is 1.46. The Hall–Kier alpha value is -0.960. The standard InChI is InChI=1S/C12H17O4P/c1-10(11-7-5-4-6-8-11)12(13)9-17(14,15-2)16-3/h4-8,10H,9H2,1-3H3. The van der Waals surface area contributed by atoms with Crippen molar-refractivity contribution in [2.24, 2.45) is 0 Å². The van der Waals surface area contributed by atoms with Crippen molar-refractivity contribution in [1.82, 2.24) is 0 Å². The van der Waals surface area contributed by atoms with Gasteiger partial charge < -0.3 is 9.05 Å². The average Bonchev–Trinajstić information content (AvgIpc) is 2.38. The third-order valence-electron chi connectivity index (χ3n) is 2.69. The first-order chi connectivity index (χ1) is 8.02. The molecule has 0 aromatic heterocycles. The number of carbonyl (C=O) groups excluding carboxylic acids is 1. The fraction of sp³-hybridized carbons (Fsp3) is 0.417. The van der Waals surface area contributed by atoms with E-state index in [0.29, 0.717) is 0 Å². The maximum Gasteiger partial charge on any atom is 0.337 e. The van der Waals surface area contributed by atoms with E-state index in [-0.39, 0.29) is 17.9 Å². The number of hydrogen-bond donors (Lipinski definition) is 0. The number of benzene rings is 1. The summed E-state index contributed by atoms with van der Waals surface area (Å²) < 4.78 is 21.3. The lowest BCUT2D eigenvalue weighted by Gasteiger charge is -2.16. The Labute approximate surface area is 101 Å². The fourth-order valence-corrected chi connectivity index (χ4v) is 2.52. The third kappa shape index (κ3) is 3.77. The Morgan fingerprint density at radius 1 is 1.24 bits per heavy atom. The van der Waals surface area contributed by atoms with Crippen molar-refractivity contribution in [3.63, 3.8) is 0 Å². The lowest BCUT2D eigenvalue weighted by molar-refractivity contribution is -0.118. The van der Waals surface area contributed by atoms with Crippen LogP contribution in [0.15, 0.2) is 30.3 Å². The van der Waals surface area contributed by atoms with Crippen molar-refractivity contribution < 1.29 is 18.4 Å². The molecule has 4 nitrogen and oxygen atoms in total. The van der Waals surface area contributed by atoms with Gasteiger partial charge in [-0.3, -0.25) is 9.36 Å². The molecule has 94 valence electrons. The average molecular weight is 256 g/mol. The molecule has 1 aromatic carbocycles. The highest BCUT2D eigenvalue weighted by Crippen LogP contribution is 2.47. The molecule has 0 aliphatic heterocycles. The molecule has 1 aromatic rings. The van der Waals surface area contributed by atoms with Gasteiger partial charge in [0.1, 0.15) is 6.16 Å². The van der Waals surface area contributed by atoms with E-state index >= 15 is 0 Å². The summed E-state index contributed by atoms with van der Waals surface area (Å²) in [5, 5.41) is 0. The van der Waals surface area contributed by atoms with Crippen LogP contribution >= 0.6 is 7.60 Å². The van der Waals surface area contributed by atoms with Gasteiger partial charge in [0.2, 0.25) is 0 Å². The molecule has 17 heavy (non-hydrogen) atoms. The normalized spacial score (nSPS) is 13.4. The summed E-state index contributed by atoms with van der Waals surface area (Å²) in [5.74, 6) is -0.460. The van der Waals surface area contributed by atoms with E-state index in [0.717, 1.165) is 5.56 Å². The second kappa shape index (κ2) is 6.10. The first-order valence-corrected chi connectivity index (χ1v) is 7.03. The molecule has 1 rings (SSSR count). The van der Waals surface area contributed by atoms with Gasteiger partial charge in [0.05, 0.1) is 0 Å². The summed E-state index contributed by atoms with van der Waals surface area (Å²) in [6.45, 7) is 1.79. The minimum absolute atomic E-state index is 0.150. The van der Waals surface area contributed by atoms with Gasteiger partial charge in [0.25, 0.3) is 0 Å². The first kappa shape index (κ1) is 14.1. The Balaban J connectivity index is 2.75. The molecule has 1 atom stereocenters. The van der Waals surface area contributed by atoms with E-state index in [1.54, 1.807) is 6.92 Å². The van der Waals surface area contributed by atoms with Gasteiger partial charge in [0.15, 0.2) is 5.78 Å². The molecule has 0 heterocycles. The highest BCUT2D eigenvalue weighted by molar-refractivity contribution is 7.54. The maximum absolute atomic E-state index is 11.9. The highest BCUT2D eigenvalue weighted by atomic mass is 31.2. The molecule has 0 spiro atoms. The van der Waals surface area contributed by atoms with Crippen LogP contribution in [0, 0.1) is 0 Å². The summed E-state index contributed by atoms with van der Waals surface area (Å²) in [6.07, 6.45) is -0.198. The highest BCUT2D eigenvalue weighted by Gasteiger charge is 2.28.